The van der Waals surface area contributed by atoms with Crippen LogP contribution < -0.4 is 4.74 Å². The van der Waals surface area contributed by atoms with Gasteiger partial charge in [0.25, 0.3) is 0 Å². The molecule has 3 nitrogen and oxygen atoms in total. The summed E-state index contributed by atoms with van der Waals surface area (Å²) in [6.45, 7) is 0.732. The van der Waals surface area contributed by atoms with E-state index < -0.39 is 0 Å². The second-order valence-electron chi connectivity index (χ2n) is 3.79. The first-order chi connectivity index (χ1) is 8.79. The Hall–Kier alpha value is -1.39. The van der Waals surface area contributed by atoms with Gasteiger partial charge in [-0.2, -0.15) is 0 Å². The average Bonchev–Trinajstić information content (AvgIpc) is 2.41. The molecule has 1 aromatic carbocycles. The maximum Gasteiger partial charge on any atom is 0.144 e. The minimum absolute atomic E-state index is 0.732. The Kier molecular flexibility index (Phi) is 4.73. The number of ether oxygens (including phenoxy) is 2. The summed E-state index contributed by atoms with van der Waals surface area (Å²) < 4.78 is 11.6. The molecule has 0 N–H and O–H groups in total. The number of methoxy groups -OCH3 is 1. The fourth-order valence-corrected chi connectivity index (χ4v) is 1.85. The molecular formula is C14H14BrNO2. The van der Waals surface area contributed by atoms with Crippen LogP contribution in [0.4, 0.5) is 0 Å². The van der Waals surface area contributed by atoms with E-state index in [1.165, 1.54) is 5.56 Å². The van der Waals surface area contributed by atoms with Crippen LogP contribution in [-0.4, -0.2) is 18.7 Å². The van der Waals surface area contributed by atoms with Gasteiger partial charge in [0.2, 0.25) is 0 Å². The summed E-state index contributed by atoms with van der Waals surface area (Å²) in [5.74, 6) is 1.57. The fraction of sp³-hybridized carbons (Fsp3) is 0.214. The van der Waals surface area contributed by atoms with Crippen molar-refractivity contribution in [1.29, 1.82) is 0 Å². The van der Waals surface area contributed by atoms with Gasteiger partial charge in [-0.25, -0.2) is 0 Å². The molecule has 0 aliphatic rings. The minimum atomic E-state index is 0.732. The zero-order valence-corrected chi connectivity index (χ0v) is 11.7. The second-order valence-corrected chi connectivity index (χ2v) is 4.65. The normalized spacial score (nSPS) is 10.3. The van der Waals surface area contributed by atoms with E-state index >= 15 is 0 Å². The van der Waals surface area contributed by atoms with Gasteiger partial charge in [0.1, 0.15) is 11.5 Å². The first-order valence-electron chi connectivity index (χ1n) is 5.65. The van der Waals surface area contributed by atoms with Gasteiger partial charge in [-0.3, -0.25) is 4.98 Å². The predicted molar refractivity (Wildman–Crippen MR) is 74.0 cm³/mol. The number of rotatable bonds is 5. The Labute approximate surface area is 115 Å². The first-order valence-corrected chi connectivity index (χ1v) is 6.44. The van der Waals surface area contributed by atoms with Crippen molar-refractivity contribution < 1.29 is 9.47 Å². The van der Waals surface area contributed by atoms with E-state index in [0.29, 0.717) is 0 Å². The molecular weight excluding hydrogens is 294 g/mol. The molecule has 1 aromatic heterocycles. The highest BCUT2D eigenvalue weighted by molar-refractivity contribution is 9.10. The van der Waals surface area contributed by atoms with Crippen LogP contribution in [0.1, 0.15) is 5.56 Å². The zero-order valence-electron chi connectivity index (χ0n) is 10.1. The van der Waals surface area contributed by atoms with E-state index in [2.05, 4.69) is 20.9 Å². The third-order valence-electron chi connectivity index (χ3n) is 2.48. The summed E-state index contributed by atoms with van der Waals surface area (Å²) in [7, 11) is 1.71. The van der Waals surface area contributed by atoms with E-state index in [1.54, 1.807) is 19.5 Å². The number of benzene rings is 1. The number of hydrogen-bond donors (Lipinski definition) is 0. The minimum Gasteiger partial charge on any atom is -0.456 e. The van der Waals surface area contributed by atoms with Crippen LogP contribution in [0.5, 0.6) is 11.5 Å². The van der Waals surface area contributed by atoms with Gasteiger partial charge in [0.15, 0.2) is 0 Å². The van der Waals surface area contributed by atoms with Crippen molar-refractivity contribution in [2.24, 2.45) is 0 Å². The number of pyridine rings is 1. The second kappa shape index (κ2) is 6.52. The lowest BCUT2D eigenvalue weighted by atomic mass is 10.1. The van der Waals surface area contributed by atoms with E-state index in [0.717, 1.165) is 29.0 Å². The van der Waals surface area contributed by atoms with Crippen LogP contribution >= 0.6 is 15.9 Å². The molecule has 0 bridgehead atoms. The molecule has 1 heterocycles. The number of hydrogen-bond acceptors (Lipinski definition) is 3. The van der Waals surface area contributed by atoms with Crippen LogP contribution in [0.2, 0.25) is 0 Å². The highest BCUT2D eigenvalue weighted by Gasteiger charge is 2.02. The largest absolute Gasteiger partial charge is 0.456 e. The standard InChI is InChI=1S/C14H14BrNO2/c1-17-9-7-11-2-4-12(5-3-11)18-14-6-8-16-10-13(14)15/h2-6,8,10H,7,9H2,1H3. The third-order valence-corrected chi connectivity index (χ3v) is 3.08. The lowest BCUT2D eigenvalue weighted by molar-refractivity contribution is 0.202. The summed E-state index contributed by atoms with van der Waals surface area (Å²) >= 11 is 3.40. The van der Waals surface area contributed by atoms with Crippen molar-refractivity contribution in [3.63, 3.8) is 0 Å². The number of halogens is 1. The fourth-order valence-electron chi connectivity index (χ4n) is 1.52. The number of nitrogens with zero attached hydrogens (tertiary/aromatic N) is 1. The molecule has 0 aliphatic carbocycles. The Balaban J connectivity index is 2.04. The van der Waals surface area contributed by atoms with Crippen LogP contribution in [0, 0.1) is 0 Å². The SMILES string of the molecule is COCCc1ccc(Oc2ccncc2Br)cc1. The van der Waals surface area contributed by atoms with Gasteiger partial charge in [0.05, 0.1) is 11.1 Å². The molecule has 0 atom stereocenters. The van der Waals surface area contributed by atoms with Crippen LogP contribution in [0.15, 0.2) is 47.2 Å². The molecule has 0 amide bonds. The van der Waals surface area contributed by atoms with Gasteiger partial charge in [-0.15, -0.1) is 0 Å². The molecule has 0 radical (unpaired) electrons. The molecule has 2 rings (SSSR count). The van der Waals surface area contributed by atoms with Crippen molar-refractivity contribution in [3.05, 3.63) is 52.8 Å². The molecule has 94 valence electrons. The first kappa shape index (κ1) is 13.1. The lowest BCUT2D eigenvalue weighted by Crippen LogP contribution is -1.94. The Morgan fingerprint density at radius 3 is 2.61 bits per heavy atom. The quantitative estimate of drug-likeness (QED) is 0.841. The van der Waals surface area contributed by atoms with Crippen LogP contribution in [0.25, 0.3) is 0 Å². The number of aromatic nitrogens is 1. The summed E-state index contributed by atoms with van der Waals surface area (Å²) in [4.78, 5) is 3.99. The van der Waals surface area contributed by atoms with Crippen molar-refractivity contribution in [2.45, 2.75) is 6.42 Å². The Morgan fingerprint density at radius 2 is 1.94 bits per heavy atom. The van der Waals surface area contributed by atoms with Crippen LogP contribution in [0.3, 0.4) is 0 Å². The molecule has 18 heavy (non-hydrogen) atoms. The predicted octanol–water partition coefficient (Wildman–Crippen LogP) is 3.83. The zero-order chi connectivity index (χ0) is 12.8. The van der Waals surface area contributed by atoms with E-state index in [-0.39, 0.29) is 0 Å². The van der Waals surface area contributed by atoms with E-state index in [9.17, 15) is 0 Å². The molecule has 0 aliphatic heterocycles. The van der Waals surface area contributed by atoms with Crippen molar-refractivity contribution in [3.8, 4) is 11.5 Å². The maximum atomic E-state index is 5.75. The Bertz CT molecular complexity index is 499. The third kappa shape index (κ3) is 3.55. The molecule has 2 aromatic rings. The van der Waals surface area contributed by atoms with Crippen molar-refractivity contribution in [2.75, 3.05) is 13.7 Å². The highest BCUT2D eigenvalue weighted by Crippen LogP contribution is 2.28. The smallest absolute Gasteiger partial charge is 0.144 e. The summed E-state index contributed by atoms with van der Waals surface area (Å²) in [6.07, 6.45) is 4.32. The average molecular weight is 308 g/mol. The summed E-state index contributed by atoms with van der Waals surface area (Å²) in [5, 5.41) is 0. The van der Waals surface area contributed by atoms with Crippen LogP contribution in [-0.2, 0) is 11.2 Å². The molecule has 0 saturated heterocycles. The van der Waals surface area contributed by atoms with E-state index in [1.807, 2.05) is 30.3 Å². The molecule has 0 fully saturated rings. The monoisotopic (exact) mass is 307 g/mol. The highest BCUT2D eigenvalue weighted by atomic mass is 79.9. The molecule has 4 heteroatoms. The summed E-state index contributed by atoms with van der Waals surface area (Å²) in [5.41, 5.74) is 1.23. The van der Waals surface area contributed by atoms with E-state index in [4.69, 9.17) is 9.47 Å². The molecule has 0 spiro atoms. The topological polar surface area (TPSA) is 31.4 Å². The summed E-state index contributed by atoms with van der Waals surface area (Å²) in [6, 6.07) is 9.82. The van der Waals surface area contributed by atoms with Gasteiger partial charge >= 0.3 is 0 Å². The lowest BCUT2D eigenvalue weighted by Gasteiger charge is -2.08. The van der Waals surface area contributed by atoms with Gasteiger partial charge in [-0.05, 0) is 40.0 Å². The van der Waals surface area contributed by atoms with Gasteiger partial charge in [0, 0.05) is 25.6 Å². The van der Waals surface area contributed by atoms with Crippen molar-refractivity contribution >= 4 is 15.9 Å². The molecule has 0 saturated carbocycles. The maximum absolute atomic E-state index is 5.75. The Morgan fingerprint density at radius 1 is 1.17 bits per heavy atom. The van der Waals surface area contributed by atoms with Crippen molar-refractivity contribution in [1.82, 2.24) is 4.98 Å². The molecule has 0 unspecified atom stereocenters. The van der Waals surface area contributed by atoms with Gasteiger partial charge in [-0.1, -0.05) is 12.1 Å². The van der Waals surface area contributed by atoms with Gasteiger partial charge < -0.3 is 9.47 Å².